The molecule has 0 radical (unpaired) electrons. The maximum atomic E-state index is 13.5. The second-order valence-corrected chi connectivity index (χ2v) is 10.4. The van der Waals surface area contributed by atoms with Gasteiger partial charge in [0.25, 0.3) is 5.91 Å². The van der Waals surface area contributed by atoms with Gasteiger partial charge in [0.1, 0.15) is 5.58 Å². The SMILES string of the molecule is CC(=O)c1cccc(NC(=O)COc2c(-c3ccc(C(C)(C)C)cc3)oc3cc(C)c(Cl)cc3c2=O)c1. The van der Waals surface area contributed by atoms with Crippen LogP contribution in [0.25, 0.3) is 22.3 Å². The molecule has 1 amide bonds. The minimum atomic E-state index is -0.490. The predicted molar refractivity (Wildman–Crippen MR) is 147 cm³/mol. The van der Waals surface area contributed by atoms with E-state index in [-0.39, 0.29) is 28.1 Å². The summed E-state index contributed by atoms with van der Waals surface area (Å²) in [5, 5.41) is 3.38. The summed E-state index contributed by atoms with van der Waals surface area (Å²) in [4.78, 5) is 37.8. The maximum Gasteiger partial charge on any atom is 0.262 e. The van der Waals surface area contributed by atoms with E-state index in [0.29, 0.717) is 27.4 Å². The van der Waals surface area contributed by atoms with Crippen molar-refractivity contribution in [1.82, 2.24) is 0 Å². The molecule has 0 saturated carbocycles. The summed E-state index contributed by atoms with van der Waals surface area (Å²) in [6.07, 6.45) is 0. The third-order valence-electron chi connectivity index (χ3n) is 6.04. The molecule has 1 heterocycles. The fraction of sp³-hybridized carbons (Fsp3) is 0.233. The molecule has 190 valence electrons. The summed E-state index contributed by atoms with van der Waals surface area (Å²) in [6, 6.07) is 17.5. The van der Waals surface area contributed by atoms with Crippen LogP contribution in [0.4, 0.5) is 5.69 Å². The molecular formula is C30H28ClNO5. The van der Waals surface area contributed by atoms with Gasteiger partial charge >= 0.3 is 0 Å². The first kappa shape index (κ1) is 26.2. The minimum absolute atomic E-state index is 0.0479. The number of ether oxygens (including phenoxy) is 1. The molecule has 0 aliphatic heterocycles. The van der Waals surface area contributed by atoms with Gasteiger partial charge < -0.3 is 14.5 Å². The van der Waals surface area contributed by atoms with E-state index < -0.39 is 17.9 Å². The lowest BCUT2D eigenvalue weighted by atomic mass is 9.86. The number of carbonyl (C=O) groups is 2. The summed E-state index contributed by atoms with van der Waals surface area (Å²) in [6.45, 7) is 9.19. The van der Waals surface area contributed by atoms with Crippen molar-refractivity contribution in [2.45, 2.75) is 40.0 Å². The molecule has 0 spiro atoms. The zero-order valence-corrected chi connectivity index (χ0v) is 22.2. The number of carbonyl (C=O) groups excluding carboxylic acids is 2. The van der Waals surface area contributed by atoms with Gasteiger partial charge in [-0.05, 0) is 54.7 Å². The van der Waals surface area contributed by atoms with Gasteiger partial charge in [0, 0.05) is 21.8 Å². The Labute approximate surface area is 220 Å². The molecule has 7 heteroatoms. The normalized spacial score (nSPS) is 11.4. The van der Waals surface area contributed by atoms with Gasteiger partial charge in [-0.3, -0.25) is 14.4 Å². The number of hydrogen-bond donors (Lipinski definition) is 1. The number of nitrogens with one attached hydrogen (secondary N) is 1. The third kappa shape index (κ3) is 5.75. The number of aryl methyl sites for hydroxylation is 1. The molecule has 1 N–H and O–H groups in total. The van der Waals surface area contributed by atoms with Crippen molar-refractivity contribution in [1.29, 1.82) is 0 Å². The molecule has 0 fully saturated rings. The minimum Gasteiger partial charge on any atom is -0.476 e. The monoisotopic (exact) mass is 517 g/mol. The Morgan fingerprint density at radius 3 is 2.38 bits per heavy atom. The number of fused-ring (bicyclic) bond motifs is 1. The summed E-state index contributed by atoms with van der Waals surface area (Å²) in [5.74, 6) is -0.456. The molecule has 0 unspecified atom stereocenters. The number of benzene rings is 3. The summed E-state index contributed by atoms with van der Waals surface area (Å²) < 4.78 is 11.9. The Morgan fingerprint density at radius 1 is 1.03 bits per heavy atom. The van der Waals surface area contributed by atoms with Crippen molar-refractivity contribution in [2.24, 2.45) is 0 Å². The highest BCUT2D eigenvalue weighted by atomic mass is 35.5. The van der Waals surface area contributed by atoms with E-state index in [1.54, 1.807) is 36.4 Å². The van der Waals surface area contributed by atoms with Gasteiger partial charge in [-0.2, -0.15) is 0 Å². The largest absolute Gasteiger partial charge is 0.476 e. The van der Waals surface area contributed by atoms with E-state index in [1.165, 1.54) is 6.92 Å². The average Bonchev–Trinajstić information content (AvgIpc) is 2.84. The highest BCUT2D eigenvalue weighted by molar-refractivity contribution is 6.32. The lowest BCUT2D eigenvalue weighted by molar-refractivity contribution is -0.118. The molecule has 0 aliphatic carbocycles. The Balaban J connectivity index is 1.71. The van der Waals surface area contributed by atoms with E-state index in [4.69, 9.17) is 20.8 Å². The molecule has 0 saturated heterocycles. The summed E-state index contributed by atoms with van der Waals surface area (Å²) >= 11 is 6.27. The van der Waals surface area contributed by atoms with Crippen LogP contribution in [0.3, 0.4) is 0 Å². The third-order valence-corrected chi connectivity index (χ3v) is 6.45. The van der Waals surface area contributed by atoms with Crippen molar-refractivity contribution >= 4 is 39.9 Å². The van der Waals surface area contributed by atoms with E-state index >= 15 is 0 Å². The molecule has 1 aromatic heterocycles. The van der Waals surface area contributed by atoms with Gasteiger partial charge in [0.05, 0.1) is 5.39 Å². The van der Waals surface area contributed by atoms with Crippen LogP contribution in [0, 0.1) is 6.92 Å². The van der Waals surface area contributed by atoms with Crippen LogP contribution in [0.1, 0.15) is 49.2 Å². The van der Waals surface area contributed by atoms with Crippen molar-refractivity contribution in [3.05, 3.63) is 92.6 Å². The Hall–Kier alpha value is -3.90. The average molecular weight is 518 g/mol. The number of anilines is 1. The van der Waals surface area contributed by atoms with Crippen LogP contribution in [-0.2, 0) is 10.2 Å². The molecule has 6 nitrogen and oxygen atoms in total. The van der Waals surface area contributed by atoms with Gasteiger partial charge in [0.15, 0.2) is 18.2 Å². The first-order valence-electron chi connectivity index (χ1n) is 11.9. The molecule has 0 aliphatic rings. The van der Waals surface area contributed by atoms with E-state index in [1.807, 2.05) is 31.2 Å². The van der Waals surface area contributed by atoms with Crippen LogP contribution < -0.4 is 15.5 Å². The second kappa shape index (κ2) is 10.2. The lowest BCUT2D eigenvalue weighted by Gasteiger charge is -2.19. The maximum absolute atomic E-state index is 13.5. The molecule has 4 rings (SSSR count). The topological polar surface area (TPSA) is 85.6 Å². The molecule has 3 aromatic carbocycles. The Bertz CT molecular complexity index is 1560. The fourth-order valence-corrected chi connectivity index (χ4v) is 4.06. The fourth-order valence-electron chi connectivity index (χ4n) is 3.89. The quantitative estimate of drug-likeness (QED) is 0.280. The molecular weight excluding hydrogens is 490 g/mol. The van der Waals surface area contributed by atoms with E-state index in [0.717, 1.165) is 11.1 Å². The van der Waals surface area contributed by atoms with Gasteiger partial charge in [0.2, 0.25) is 11.2 Å². The first-order chi connectivity index (χ1) is 17.4. The highest BCUT2D eigenvalue weighted by Crippen LogP contribution is 2.34. The van der Waals surface area contributed by atoms with Crippen LogP contribution in [0.15, 0.2) is 69.9 Å². The van der Waals surface area contributed by atoms with Crippen LogP contribution in [0.5, 0.6) is 5.75 Å². The number of halogens is 1. The Kier molecular flexibility index (Phi) is 7.23. The number of Topliss-reactive ketones (excluding diaryl/α,β-unsaturated/α-hetero) is 1. The molecule has 0 atom stereocenters. The zero-order valence-electron chi connectivity index (χ0n) is 21.4. The molecule has 0 bridgehead atoms. The standard InChI is InChI=1S/C30H28ClNO5/c1-17-13-25-23(15-24(17)31)27(35)29(28(37-25)19-9-11-21(12-10-19)30(3,4)5)36-16-26(34)32-22-8-6-7-20(14-22)18(2)33/h6-15H,16H2,1-5H3,(H,32,34). The lowest BCUT2D eigenvalue weighted by Crippen LogP contribution is -2.22. The first-order valence-corrected chi connectivity index (χ1v) is 12.2. The van der Waals surface area contributed by atoms with Crippen molar-refractivity contribution in [2.75, 3.05) is 11.9 Å². The predicted octanol–water partition coefficient (Wildman–Crippen LogP) is 6.94. The van der Waals surface area contributed by atoms with E-state index in [2.05, 4.69) is 26.1 Å². The Morgan fingerprint density at radius 2 is 1.73 bits per heavy atom. The van der Waals surface area contributed by atoms with Crippen LogP contribution in [-0.4, -0.2) is 18.3 Å². The van der Waals surface area contributed by atoms with E-state index in [9.17, 15) is 14.4 Å². The number of amides is 1. The second-order valence-electron chi connectivity index (χ2n) is 9.99. The summed E-state index contributed by atoms with van der Waals surface area (Å²) in [5.41, 5.74) is 3.36. The van der Waals surface area contributed by atoms with Crippen LogP contribution in [0.2, 0.25) is 5.02 Å². The van der Waals surface area contributed by atoms with Gasteiger partial charge in [-0.25, -0.2) is 0 Å². The van der Waals surface area contributed by atoms with Gasteiger partial charge in [-0.1, -0.05) is 68.8 Å². The molecule has 37 heavy (non-hydrogen) atoms. The number of hydrogen-bond acceptors (Lipinski definition) is 5. The van der Waals surface area contributed by atoms with Crippen molar-refractivity contribution < 1.29 is 18.7 Å². The van der Waals surface area contributed by atoms with Crippen molar-refractivity contribution in [3.63, 3.8) is 0 Å². The number of rotatable bonds is 6. The smallest absolute Gasteiger partial charge is 0.262 e. The van der Waals surface area contributed by atoms with Crippen LogP contribution >= 0.6 is 11.6 Å². The zero-order chi connectivity index (χ0) is 26.9. The molecule has 4 aromatic rings. The summed E-state index contributed by atoms with van der Waals surface area (Å²) in [7, 11) is 0. The van der Waals surface area contributed by atoms with Crippen molar-refractivity contribution in [3.8, 4) is 17.1 Å². The number of ketones is 1. The highest BCUT2D eigenvalue weighted by Gasteiger charge is 2.21. The van der Waals surface area contributed by atoms with Gasteiger partial charge in [-0.15, -0.1) is 0 Å².